The van der Waals surface area contributed by atoms with Crippen LogP contribution >= 0.6 is 7.60 Å². The number of anilines is 3. The van der Waals surface area contributed by atoms with Crippen molar-refractivity contribution in [3.8, 4) is 17.0 Å². The Morgan fingerprint density at radius 1 is 0.909 bits per heavy atom. The number of carbonyl (C=O) groups excluding carboxylic acids is 2. The molecule has 55 heavy (non-hydrogen) atoms. The molecule has 2 N–H and O–H groups in total. The normalized spacial score (nSPS) is 15.0. The third-order valence-corrected chi connectivity index (χ3v) is 10.9. The van der Waals surface area contributed by atoms with Gasteiger partial charge in [-0.25, -0.2) is 19.3 Å². The third-order valence-electron chi connectivity index (χ3n) is 9.06. The van der Waals surface area contributed by atoms with Gasteiger partial charge in [-0.1, -0.05) is 36.4 Å². The van der Waals surface area contributed by atoms with E-state index in [2.05, 4.69) is 35.4 Å². The van der Waals surface area contributed by atoms with E-state index in [-0.39, 0.29) is 18.7 Å². The first-order valence-electron chi connectivity index (χ1n) is 18.3. The summed E-state index contributed by atoms with van der Waals surface area (Å²) in [5.41, 5.74) is 5.70. The maximum Gasteiger partial charge on any atom is 0.381 e. The number of nitrogens with zero attached hydrogens (tertiary/aromatic N) is 5. The van der Waals surface area contributed by atoms with Gasteiger partial charge >= 0.3 is 13.6 Å². The Morgan fingerprint density at radius 2 is 1.67 bits per heavy atom. The number of pyridine rings is 1. The molecule has 1 unspecified atom stereocenters. The fourth-order valence-corrected chi connectivity index (χ4v) is 7.79. The number of ether oxygens (including phenoxy) is 1. The quantitative estimate of drug-likeness (QED) is 0.0774. The number of aryl methyl sites for hydroxylation is 1. The second-order valence-electron chi connectivity index (χ2n) is 13.2. The number of esters is 1. The van der Waals surface area contributed by atoms with E-state index in [1.807, 2.05) is 73.7 Å². The van der Waals surface area contributed by atoms with Gasteiger partial charge in [0.2, 0.25) is 5.95 Å². The molecule has 6 rings (SSSR count). The van der Waals surface area contributed by atoms with Gasteiger partial charge in [0.05, 0.1) is 18.5 Å². The molecule has 14 heteroatoms. The van der Waals surface area contributed by atoms with Gasteiger partial charge in [0.25, 0.3) is 5.91 Å². The van der Waals surface area contributed by atoms with Crippen LogP contribution in [0.5, 0.6) is 5.75 Å². The van der Waals surface area contributed by atoms with Crippen LogP contribution < -0.4 is 15.2 Å². The average Bonchev–Trinajstić information content (AvgIpc) is 3.20. The molecule has 3 heterocycles. The summed E-state index contributed by atoms with van der Waals surface area (Å²) in [5.74, 6) is 0.0731. The van der Waals surface area contributed by atoms with Gasteiger partial charge in [0.15, 0.2) is 6.10 Å². The van der Waals surface area contributed by atoms with Crippen molar-refractivity contribution in [2.45, 2.75) is 33.4 Å². The lowest BCUT2D eigenvalue weighted by molar-refractivity contribution is -0.150. The van der Waals surface area contributed by atoms with E-state index < -0.39 is 19.7 Å². The minimum Gasteiger partial charge on any atom is -0.464 e. The first-order chi connectivity index (χ1) is 26.7. The summed E-state index contributed by atoms with van der Waals surface area (Å²) in [5, 5.41) is 6.29. The fourth-order valence-electron chi connectivity index (χ4n) is 6.01. The molecule has 1 amide bonds. The van der Waals surface area contributed by atoms with Crippen molar-refractivity contribution < 1.29 is 27.9 Å². The molecular weight excluding hydrogens is 717 g/mol. The molecule has 13 nitrogen and oxygen atoms in total. The highest BCUT2D eigenvalue weighted by molar-refractivity contribution is 7.54. The lowest BCUT2D eigenvalue weighted by Crippen LogP contribution is -2.46. The summed E-state index contributed by atoms with van der Waals surface area (Å²) < 4.78 is 30.5. The molecule has 1 aliphatic heterocycles. The minimum absolute atomic E-state index is 0.130. The zero-order valence-electron chi connectivity index (χ0n) is 31.3. The SMILES string of the molecule is CCOC(=O)[C@@H](C)OP(=O)(CCN1CCN(Cc2ccc(C(=O)Nc3ccc(C)c(Nc4nccc(-c5cccnc5)n4)c3)cc2)CC1)Oc1ccccc1. The van der Waals surface area contributed by atoms with Crippen LogP contribution in [0.25, 0.3) is 11.3 Å². The van der Waals surface area contributed by atoms with Gasteiger partial charge in [-0.15, -0.1) is 0 Å². The van der Waals surface area contributed by atoms with Gasteiger partial charge in [-0.3, -0.25) is 19.2 Å². The second kappa shape index (κ2) is 18.7. The van der Waals surface area contributed by atoms with Crippen molar-refractivity contribution in [2.75, 3.05) is 56.1 Å². The van der Waals surface area contributed by atoms with Gasteiger partial charge in [0.1, 0.15) is 5.75 Å². The average molecular weight is 764 g/mol. The lowest BCUT2D eigenvalue weighted by Gasteiger charge is -2.35. The molecule has 0 radical (unpaired) electrons. The van der Waals surface area contributed by atoms with Crippen LogP contribution in [0.2, 0.25) is 0 Å². The van der Waals surface area contributed by atoms with Crippen molar-refractivity contribution in [2.24, 2.45) is 0 Å². The van der Waals surface area contributed by atoms with Crippen molar-refractivity contribution >= 4 is 36.8 Å². The largest absolute Gasteiger partial charge is 0.464 e. The van der Waals surface area contributed by atoms with E-state index in [9.17, 15) is 14.2 Å². The second-order valence-corrected chi connectivity index (χ2v) is 15.2. The minimum atomic E-state index is -3.68. The molecule has 5 aromatic rings. The van der Waals surface area contributed by atoms with Crippen LogP contribution in [0, 0.1) is 6.92 Å². The molecule has 0 saturated carbocycles. The van der Waals surface area contributed by atoms with Crippen molar-refractivity contribution in [1.82, 2.24) is 24.8 Å². The number of benzene rings is 3. The Bertz CT molecular complexity index is 2080. The number of para-hydroxylation sites is 1. The van der Waals surface area contributed by atoms with E-state index in [0.717, 1.165) is 60.8 Å². The van der Waals surface area contributed by atoms with Crippen molar-refractivity contribution in [3.63, 3.8) is 0 Å². The highest BCUT2D eigenvalue weighted by atomic mass is 31.2. The van der Waals surface area contributed by atoms with Crippen molar-refractivity contribution in [1.29, 1.82) is 0 Å². The van der Waals surface area contributed by atoms with Crippen molar-refractivity contribution in [3.05, 3.63) is 126 Å². The number of amides is 1. The molecule has 1 saturated heterocycles. The van der Waals surface area contributed by atoms with E-state index in [1.165, 1.54) is 6.92 Å². The van der Waals surface area contributed by atoms with Crippen LogP contribution in [-0.4, -0.2) is 88.2 Å². The number of rotatable bonds is 16. The molecule has 0 aliphatic carbocycles. The number of hydrogen-bond acceptors (Lipinski definition) is 12. The van der Waals surface area contributed by atoms with Gasteiger partial charge < -0.3 is 24.8 Å². The number of nitrogens with one attached hydrogen (secondary N) is 2. The predicted molar refractivity (Wildman–Crippen MR) is 213 cm³/mol. The van der Waals surface area contributed by atoms with Crippen LogP contribution in [0.1, 0.15) is 35.3 Å². The predicted octanol–water partition coefficient (Wildman–Crippen LogP) is 7.20. The molecule has 1 fully saturated rings. The maximum atomic E-state index is 13.8. The Balaban J connectivity index is 0.985. The zero-order chi connectivity index (χ0) is 38.6. The monoisotopic (exact) mass is 763 g/mol. The Labute approximate surface area is 321 Å². The van der Waals surface area contributed by atoms with Gasteiger partial charge in [-0.2, -0.15) is 0 Å². The molecule has 0 bridgehead atoms. The number of piperazine rings is 1. The summed E-state index contributed by atoms with van der Waals surface area (Å²) in [6.07, 6.45) is 4.28. The topological polar surface area (TPSA) is 148 Å². The van der Waals surface area contributed by atoms with E-state index >= 15 is 0 Å². The first-order valence-corrected chi connectivity index (χ1v) is 20.0. The molecule has 286 valence electrons. The molecule has 0 spiro atoms. The highest BCUT2D eigenvalue weighted by Gasteiger charge is 2.33. The number of aromatic nitrogens is 3. The summed E-state index contributed by atoms with van der Waals surface area (Å²) in [6.45, 7) is 9.82. The van der Waals surface area contributed by atoms with E-state index in [1.54, 1.807) is 49.8 Å². The molecule has 3 aromatic carbocycles. The smallest absolute Gasteiger partial charge is 0.381 e. The Morgan fingerprint density at radius 3 is 2.40 bits per heavy atom. The summed E-state index contributed by atoms with van der Waals surface area (Å²) >= 11 is 0. The summed E-state index contributed by atoms with van der Waals surface area (Å²) in [7, 11) is -3.68. The summed E-state index contributed by atoms with van der Waals surface area (Å²) in [4.78, 5) is 43.2. The summed E-state index contributed by atoms with van der Waals surface area (Å²) in [6, 6.07) is 27.8. The molecule has 2 atom stereocenters. The Hall–Kier alpha value is -5.46. The van der Waals surface area contributed by atoms with Crippen LogP contribution in [0.4, 0.5) is 17.3 Å². The first kappa shape index (κ1) is 39.2. The van der Waals surface area contributed by atoms with Crippen LogP contribution in [0.3, 0.4) is 0 Å². The fraction of sp³-hybridized carbons (Fsp3) is 0.293. The zero-order valence-corrected chi connectivity index (χ0v) is 32.2. The third kappa shape index (κ3) is 11.3. The highest BCUT2D eigenvalue weighted by Crippen LogP contribution is 2.49. The van der Waals surface area contributed by atoms with Crippen LogP contribution in [0.15, 0.2) is 110 Å². The van der Waals surface area contributed by atoms with Gasteiger partial charge in [0, 0.05) is 80.4 Å². The number of carbonyl (C=O) groups is 2. The molecule has 2 aromatic heterocycles. The number of hydrogen-bond donors (Lipinski definition) is 2. The standard InChI is InChI=1S/C41H46N7O6P/c1-4-52-40(50)31(3)53-55(51,54-36-10-6-5-7-11-36)26-25-47-21-23-48(24-22-47)29-32-13-15-33(16-14-32)39(49)44-35-17-12-30(2)38(27-35)46-41-43-20-18-37(45-41)34-9-8-19-42-28-34/h5-20,27-28,31H,4,21-26,29H2,1-3H3,(H,44,49)(H,43,45,46)/t31-,55?/m1/s1. The molecule has 1 aliphatic rings. The van der Waals surface area contributed by atoms with E-state index in [4.69, 9.17) is 13.8 Å². The lowest BCUT2D eigenvalue weighted by atomic mass is 10.1. The Kier molecular flexibility index (Phi) is 13.4. The van der Waals surface area contributed by atoms with E-state index in [0.29, 0.717) is 29.5 Å². The van der Waals surface area contributed by atoms with Crippen LogP contribution in [-0.2, 0) is 25.2 Å². The maximum absolute atomic E-state index is 13.8. The van der Waals surface area contributed by atoms with Gasteiger partial charge in [-0.05, 0) is 86.5 Å². The molecular formula is C41H46N7O6P.